The van der Waals surface area contributed by atoms with Gasteiger partial charge in [-0.1, -0.05) is 37.4 Å². The zero-order chi connectivity index (χ0) is 24.4. The van der Waals surface area contributed by atoms with Crippen molar-refractivity contribution >= 4 is 34.5 Å². The number of ether oxygens (including phenoxy) is 1. The normalized spacial score (nSPS) is 16.7. The van der Waals surface area contributed by atoms with Gasteiger partial charge in [-0.25, -0.2) is 9.78 Å². The molecule has 0 radical (unpaired) electrons. The highest BCUT2D eigenvalue weighted by Crippen LogP contribution is 2.32. The Bertz CT molecular complexity index is 1230. The summed E-state index contributed by atoms with van der Waals surface area (Å²) >= 11 is 6.60. The molecule has 0 atom stereocenters. The average molecular weight is 496 g/mol. The maximum absolute atomic E-state index is 13.2. The van der Waals surface area contributed by atoms with E-state index in [0.29, 0.717) is 54.9 Å². The van der Waals surface area contributed by atoms with E-state index in [0.717, 1.165) is 35.9 Å². The Morgan fingerprint density at radius 3 is 2.57 bits per heavy atom. The Labute approximate surface area is 209 Å². The maximum Gasteiger partial charge on any atom is 0.409 e. The smallest absolute Gasteiger partial charge is 0.409 e. The lowest BCUT2D eigenvalue weighted by Gasteiger charge is -2.34. The summed E-state index contributed by atoms with van der Waals surface area (Å²) in [5, 5.41) is 5.96. The number of hydrogen-bond donors (Lipinski definition) is 0. The van der Waals surface area contributed by atoms with E-state index in [4.69, 9.17) is 21.3 Å². The SMILES string of the molecule is CCCOC(=O)N1CCN(C(=O)c2ccc3c(Cl)cc(-c4cnn(C5CCCC5)c4)nc3c2)CC1. The third kappa shape index (κ3) is 4.98. The quantitative estimate of drug-likeness (QED) is 0.487. The predicted octanol–water partition coefficient (Wildman–Crippen LogP) is 5.17. The molecule has 2 aliphatic rings. The number of rotatable bonds is 5. The minimum atomic E-state index is -0.313. The molecule has 2 fully saturated rings. The molecule has 0 spiro atoms. The van der Waals surface area contributed by atoms with Crippen LogP contribution in [0.1, 0.15) is 55.4 Å². The van der Waals surface area contributed by atoms with Gasteiger partial charge in [-0.2, -0.15) is 5.10 Å². The first-order valence-electron chi connectivity index (χ1n) is 12.4. The minimum absolute atomic E-state index is 0.0779. The van der Waals surface area contributed by atoms with E-state index in [9.17, 15) is 9.59 Å². The van der Waals surface area contributed by atoms with Gasteiger partial charge in [-0.05, 0) is 37.5 Å². The Morgan fingerprint density at radius 2 is 1.83 bits per heavy atom. The van der Waals surface area contributed by atoms with Crippen LogP contribution >= 0.6 is 11.6 Å². The highest BCUT2D eigenvalue weighted by atomic mass is 35.5. The van der Waals surface area contributed by atoms with Crippen LogP contribution in [-0.2, 0) is 4.74 Å². The number of nitrogens with zero attached hydrogens (tertiary/aromatic N) is 5. The molecule has 1 aliphatic heterocycles. The van der Waals surface area contributed by atoms with Crippen molar-refractivity contribution in [1.82, 2.24) is 24.6 Å². The summed E-state index contributed by atoms with van der Waals surface area (Å²) in [7, 11) is 0. The van der Waals surface area contributed by atoms with Crippen molar-refractivity contribution in [2.24, 2.45) is 0 Å². The van der Waals surface area contributed by atoms with E-state index in [1.807, 2.05) is 36.1 Å². The van der Waals surface area contributed by atoms with E-state index in [2.05, 4.69) is 5.10 Å². The Hall–Kier alpha value is -3.13. The summed E-state index contributed by atoms with van der Waals surface area (Å²) in [6, 6.07) is 7.76. The first kappa shape index (κ1) is 23.6. The van der Waals surface area contributed by atoms with Gasteiger partial charge in [-0.3, -0.25) is 9.48 Å². The average Bonchev–Trinajstić information content (AvgIpc) is 3.59. The van der Waals surface area contributed by atoms with Crippen LogP contribution in [0.5, 0.6) is 0 Å². The molecule has 3 aromatic rings. The van der Waals surface area contributed by atoms with Gasteiger partial charge in [0.2, 0.25) is 0 Å². The van der Waals surface area contributed by atoms with Gasteiger partial charge >= 0.3 is 6.09 Å². The van der Waals surface area contributed by atoms with Crippen molar-refractivity contribution in [2.75, 3.05) is 32.8 Å². The molecule has 0 unspecified atom stereocenters. The van der Waals surface area contributed by atoms with Gasteiger partial charge in [0.1, 0.15) is 0 Å². The summed E-state index contributed by atoms with van der Waals surface area (Å²) in [6.07, 6.45) is 9.16. The van der Waals surface area contributed by atoms with Crippen molar-refractivity contribution in [3.8, 4) is 11.3 Å². The number of amides is 2. The predicted molar refractivity (Wildman–Crippen MR) is 135 cm³/mol. The molecule has 0 bridgehead atoms. The third-order valence-electron chi connectivity index (χ3n) is 6.86. The van der Waals surface area contributed by atoms with Crippen LogP contribution in [0.2, 0.25) is 5.02 Å². The molecule has 184 valence electrons. The Morgan fingerprint density at radius 1 is 1.09 bits per heavy atom. The number of fused-ring (bicyclic) bond motifs is 1. The fourth-order valence-corrected chi connectivity index (χ4v) is 5.12. The molecule has 2 aromatic heterocycles. The van der Waals surface area contributed by atoms with Crippen LogP contribution in [0, 0.1) is 0 Å². The lowest BCUT2D eigenvalue weighted by molar-refractivity contribution is 0.0560. The Kier molecular flexibility index (Phi) is 6.90. The fraction of sp³-hybridized carbons (Fsp3) is 0.462. The van der Waals surface area contributed by atoms with Crippen LogP contribution in [-0.4, -0.2) is 69.4 Å². The van der Waals surface area contributed by atoms with Gasteiger partial charge in [0.05, 0.1) is 35.1 Å². The topological polar surface area (TPSA) is 80.6 Å². The van der Waals surface area contributed by atoms with Crippen LogP contribution in [0.15, 0.2) is 36.7 Å². The number of aromatic nitrogens is 3. The van der Waals surface area contributed by atoms with Gasteiger partial charge in [0, 0.05) is 48.9 Å². The van der Waals surface area contributed by atoms with Crippen molar-refractivity contribution < 1.29 is 14.3 Å². The standard InChI is InChI=1S/C26H30ClN5O3/c1-2-13-35-26(34)31-11-9-30(10-12-31)25(33)18-7-8-21-22(27)15-23(29-24(21)14-18)19-16-28-32(17-19)20-5-3-4-6-20/h7-8,14-17,20H,2-6,9-13H2,1H3. The second-order valence-corrected chi connectivity index (χ2v) is 9.67. The van der Waals surface area contributed by atoms with Gasteiger partial charge in [0.25, 0.3) is 5.91 Å². The second-order valence-electron chi connectivity index (χ2n) is 9.26. The molecule has 0 N–H and O–H groups in total. The molecule has 1 saturated heterocycles. The van der Waals surface area contributed by atoms with Crippen molar-refractivity contribution in [3.05, 3.63) is 47.2 Å². The van der Waals surface area contributed by atoms with E-state index in [1.54, 1.807) is 21.9 Å². The summed E-state index contributed by atoms with van der Waals surface area (Å²) < 4.78 is 7.25. The van der Waals surface area contributed by atoms with Crippen LogP contribution in [0.3, 0.4) is 0 Å². The summed E-state index contributed by atoms with van der Waals surface area (Å²) in [6.45, 7) is 4.22. The van der Waals surface area contributed by atoms with Gasteiger partial charge < -0.3 is 14.5 Å². The molecular weight excluding hydrogens is 466 g/mol. The van der Waals surface area contributed by atoms with E-state index < -0.39 is 0 Å². The van der Waals surface area contributed by atoms with Crippen LogP contribution in [0.4, 0.5) is 4.79 Å². The summed E-state index contributed by atoms with van der Waals surface area (Å²) in [5.41, 5.74) is 2.90. The van der Waals surface area contributed by atoms with E-state index in [1.165, 1.54) is 12.8 Å². The number of hydrogen-bond acceptors (Lipinski definition) is 5. The van der Waals surface area contributed by atoms with Crippen molar-refractivity contribution in [2.45, 2.75) is 45.1 Å². The number of halogens is 1. The van der Waals surface area contributed by atoms with Crippen LogP contribution < -0.4 is 0 Å². The first-order valence-corrected chi connectivity index (χ1v) is 12.8. The van der Waals surface area contributed by atoms with Crippen molar-refractivity contribution in [1.29, 1.82) is 0 Å². The van der Waals surface area contributed by atoms with Gasteiger partial charge in [0.15, 0.2) is 0 Å². The monoisotopic (exact) mass is 495 g/mol. The zero-order valence-corrected chi connectivity index (χ0v) is 20.7. The maximum atomic E-state index is 13.2. The first-order chi connectivity index (χ1) is 17.0. The zero-order valence-electron chi connectivity index (χ0n) is 20.0. The molecule has 5 rings (SSSR count). The molecule has 3 heterocycles. The summed E-state index contributed by atoms with van der Waals surface area (Å²) in [4.78, 5) is 33.5. The number of piperazine rings is 1. The Balaban J connectivity index is 1.33. The van der Waals surface area contributed by atoms with Crippen molar-refractivity contribution in [3.63, 3.8) is 0 Å². The molecule has 1 aromatic carbocycles. The lowest BCUT2D eigenvalue weighted by Crippen LogP contribution is -2.50. The number of benzene rings is 1. The van der Waals surface area contributed by atoms with Crippen LogP contribution in [0.25, 0.3) is 22.2 Å². The lowest BCUT2D eigenvalue weighted by atomic mass is 10.1. The largest absolute Gasteiger partial charge is 0.449 e. The molecule has 35 heavy (non-hydrogen) atoms. The number of carbonyl (C=O) groups excluding carboxylic acids is 2. The van der Waals surface area contributed by atoms with E-state index >= 15 is 0 Å². The highest BCUT2D eigenvalue weighted by molar-refractivity contribution is 6.35. The number of pyridine rings is 1. The molecular formula is C26H30ClN5O3. The molecule has 1 aliphatic carbocycles. The highest BCUT2D eigenvalue weighted by Gasteiger charge is 2.26. The second kappa shape index (κ2) is 10.2. The van der Waals surface area contributed by atoms with E-state index in [-0.39, 0.29) is 12.0 Å². The third-order valence-corrected chi connectivity index (χ3v) is 7.17. The molecule has 2 amide bonds. The summed E-state index contributed by atoms with van der Waals surface area (Å²) in [5.74, 6) is -0.0779. The fourth-order valence-electron chi connectivity index (χ4n) is 4.86. The number of carbonyl (C=O) groups is 2. The molecule has 1 saturated carbocycles. The molecule has 8 nitrogen and oxygen atoms in total. The minimum Gasteiger partial charge on any atom is -0.449 e. The van der Waals surface area contributed by atoms with Gasteiger partial charge in [-0.15, -0.1) is 0 Å². The molecule has 9 heteroatoms.